The minimum absolute atomic E-state index is 0.429. The summed E-state index contributed by atoms with van der Waals surface area (Å²) in [5.74, 6) is -0.429. The molecule has 0 aliphatic rings. The molecule has 0 unspecified atom stereocenters. The molecule has 0 saturated heterocycles. The molecule has 1 aromatic heterocycles. The van der Waals surface area contributed by atoms with Gasteiger partial charge in [0.05, 0.1) is 11.3 Å². The summed E-state index contributed by atoms with van der Waals surface area (Å²) in [7, 11) is 0. The van der Waals surface area contributed by atoms with Crippen molar-refractivity contribution >= 4 is 28.2 Å². The van der Waals surface area contributed by atoms with E-state index in [0.717, 1.165) is 29.9 Å². The lowest BCUT2D eigenvalue weighted by Crippen LogP contribution is -2.15. The van der Waals surface area contributed by atoms with Gasteiger partial charge in [-0.3, -0.25) is 4.79 Å². The van der Waals surface area contributed by atoms with Gasteiger partial charge in [0.25, 0.3) is 5.91 Å². The van der Waals surface area contributed by atoms with Crippen molar-refractivity contribution in [1.82, 2.24) is 4.57 Å². The van der Waals surface area contributed by atoms with Crippen LogP contribution in [0.2, 0.25) is 0 Å². The smallest absolute Gasteiger partial charge is 0.250 e. The van der Waals surface area contributed by atoms with Crippen LogP contribution >= 0.6 is 0 Å². The third kappa shape index (κ3) is 3.55. The number of para-hydroxylation sites is 3. The van der Waals surface area contributed by atoms with E-state index in [4.69, 9.17) is 5.73 Å². The Morgan fingerprint density at radius 3 is 2.48 bits per heavy atom. The number of benzene rings is 3. The van der Waals surface area contributed by atoms with Crippen LogP contribution in [0.4, 0.5) is 11.4 Å². The number of aromatic nitrogens is 1. The standard InChI is InChI=1S/C23H21N3O/c24-23(27)20-11-6-8-18(22(20)25-19-9-2-1-3-10-19)14-16-26-15-13-17-7-4-5-12-21(17)26/h1-13,15,25H,14,16H2,(H2,24,27). The van der Waals surface area contributed by atoms with Crippen LogP contribution in [0, 0.1) is 0 Å². The van der Waals surface area contributed by atoms with Crippen molar-refractivity contribution in [2.75, 3.05) is 5.32 Å². The Hall–Kier alpha value is -3.53. The molecule has 1 amide bonds. The van der Waals surface area contributed by atoms with Gasteiger partial charge in [-0.25, -0.2) is 0 Å². The highest BCUT2D eigenvalue weighted by atomic mass is 16.1. The highest BCUT2D eigenvalue weighted by molar-refractivity contribution is 6.00. The summed E-state index contributed by atoms with van der Waals surface area (Å²) in [5.41, 5.74) is 10.1. The van der Waals surface area contributed by atoms with Crippen molar-refractivity contribution in [2.24, 2.45) is 5.73 Å². The molecule has 0 atom stereocenters. The summed E-state index contributed by atoms with van der Waals surface area (Å²) in [6.45, 7) is 0.819. The molecule has 0 saturated carbocycles. The Morgan fingerprint density at radius 2 is 1.67 bits per heavy atom. The molecule has 0 bridgehead atoms. The summed E-state index contributed by atoms with van der Waals surface area (Å²) >= 11 is 0. The SMILES string of the molecule is NC(=O)c1cccc(CCn2ccc3ccccc32)c1Nc1ccccc1. The number of fused-ring (bicyclic) bond motifs is 1. The molecule has 0 radical (unpaired) electrons. The van der Waals surface area contributed by atoms with E-state index in [1.807, 2.05) is 48.5 Å². The molecule has 3 N–H and O–H groups in total. The van der Waals surface area contributed by atoms with Gasteiger partial charge in [0.2, 0.25) is 0 Å². The number of nitrogens with two attached hydrogens (primary N) is 1. The molecule has 0 aliphatic heterocycles. The average Bonchev–Trinajstić information content (AvgIpc) is 3.11. The molecular weight excluding hydrogens is 334 g/mol. The van der Waals surface area contributed by atoms with Crippen molar-refractivity contribution < 1.29 is 4.79 Å². The summed E-state index contributed by atoms with van der Waals surface area (Å²) in [6.07, 6.45) is 2.89. The number of primary amides is 1. The average molecular weight is 355 g/mol. The van der Waals surface area contributed by atoms with E-state index in [1.54, 1.807) is 6.07 Å². The van der Waals surface area contributed by atoms with Crippen molar-refractivity contribution in [3.05, 3.63) is 96.2 Å². The highest BCUT2D eigenvalue weighted by Crippen LogP contribution is 2.26. The first-order chi connectivity index (χ1) is 13.2. The number of nitrogens with zero attached hydrogens (tertiary/aromatic N) is 1. The lowest BCUT2D eigenvalue weighted by atomic mass is 10.0. The Balaban J connectivity index is 1.65. The maximum atomic E-state index is 11.9. The van der Waals surface area contributed by atoms with Gasteiger partial charge in [0.15, 0.2) is 0 Å². The van der Waals surface area contributed by atoms with Crippen LogP contribution in [0.25, 0.3) is 10.9 Å². The quantitative estimate of drug-likeness (QED) is 0.525. The van der Waals surface area contributed by atoms with E-state index in [9.17, 15) is 4.79 Å². The second kappa shape index (κ2) is 7.38. The Morgan fingerprint density at radius 1 is 0.889 bits per heavy atom. The van der Waals surface area contributed by atoms with E-state index in [2.05, 4.69) is 40.3 Å². The second-order valence-corrected chi connectivity index (χ2v) is 6.51. The molecule has 4 heteroatoms. The number of hydrogen-bond donors (Lipinski definition) is 2. The molecule has 4 nitrogen and oxygen atoms in total. The molecule has 0 spiro atoms. The maximum Gasteiger partial charge on any atom is 0.250 e. The minimum atomic E-state index is -0.429. The highest BCUT2D eigenvalue weighted by Gasteiger charge is 2.13. The number of aryl methyl sites for hydroxylation is 2. The van der Waals surface area contributed by atoms with Crippen LogP contribution in [0.15, 0.2) is 85.1 Å². The number of nitrogens with one attached hydrogen (secondary N) is 1. The Bertz CT molecular complexity index is 1080. The monoisotopic (exact) mass is 355 g/mol. The third-order valence-corrected chi connectivity index (χ3v) is 4.76. The third-order valence-electron chi connectivity index (χ3n) is 4.76. The molecule has 1 heterocycles. The largest absolute Gasteiger partial charge is 0.366 e. The van der Waals surface area contributed by atoms with Crippen LogP contribution in [0.1, 0.15) is 15.9 Å². The predicted molar refractivity (Wildman–Crippen MR) is 110 cm³/mol. The number of carbonyl (C=O) groups excluding carboxylic acids is 1. The fourth-order valence-corrected chi connectivity index (χ4v) is 3.40. The van der Waals surface area contributed by atoms with E-state index in [0.29, 0.717) is 5.56 Å². The van der Waals surface area contributed by atoms with E-state index >= 15 is 0 Å². The minimum Gasteiger partial charge on any atom is -0.366 e. The molecule has 4 aromatic rings. The maximum absolute atomic E-state index is 11.9. The molecular formula is C23H21N3O. The van der Waals surface area contributed by atoms with Crippen LogP contribution in [-0.2, 0) is 13.0 Å². The Kier molecular flexibility index (Phi) is 4.62. The molecule has 134 valence electrons. The van der Waals surface area contributed by atoms with Gasteiger partial charge < -0.3 is 15.6 Å². The van der Waals surface area contributed by atoms with Gasteiger partial charge in [-0.2, -0.15) is 0 Å². The lowest BCUT2D eigenvalue weighted by Gasteiger charge is -2.16. The topological polar surface area (TPSA) is 60.1 Å². The number of hydrogen-bond acceptors (Lipinski definition) is 2. The fourth-order valence-electron chi connectivity index (χ4n) is 3.40. The van der Waals surface area contributed by atoms with E-state index in [1.165, 1.54) is 10.9 Å². The second-order valence-electron chi connectivity index (χ2n) is 6.51. The zero-order valence-electron chi connectivity index (χ0n) is 14.9. The van der Waals surface area contributed by atoms with E-state index < -0.39 is 5.91 Å². The van der Waals surface area contributed by atoms with Gasteiger partial charge in [0.1, 0.15) is 0 Å². The number of anilines is 2. The first-order valence-electron chi connectivity index (χ1n) is 9.00. The Labute approximate surface area is 158 Å². The number of rotatable bonds is 6. The van der Waals surface area contributed by atoms with Crippen LogP contribution in [-0.4, -0.2) is 10.5 Å². The summed E-state index contributed by atoms with van der Waals surface area (Å²) in [5, 5.41) is 4.61. The zero-order valence-corrected chi connectivity index (χ0v) is 14.9. The van der Waals surface area contributed by atoms with Gasteiger partial charge in [0, 0.05) is 23.9 Å². The molecule has 27 heavy (non-hydrogen) atoms. The first kappa shape index (κ1) is 16.9. The van der Waals surface area contributed by atoms with Gasteiger partial charge in [-0.15, -0.1) is 0 Å². The lowest BCUT2D eigenvalue weighted by molar-refractivity contribution is 0.100. The first-order valence-corrected chi connectivity index (χ1v) is 9.00. The summed E-state index contributed by atoms with van der Waals surface area (Å²) in [4.78, 5) is 11.9. The van der Waals surface area contributed by atoms with Crippen molar-refractivity contribution in [2.45, 2.75) is 13.0 Å². The van der Waals surface area contributed by atoms with Crippen molar-refractivity contribution in [3.63, 3.8) is 0 Å². The zero-order chi connectivity index (χ0) is 18.6. The van der Waals surface area contributed by atoms with Crippen LogP contribution < -0.4 is 11.1 Å². The van der Waals surface area contributed by atoms with E-state index in [-0.39, 0.29) is 0 Å². The van der Waals surface area contributed by atoms with Gasteiger partial charge in [-0.1, -0.05) is 48.5 Å². The summed E-state index contributed by atoms with van der Waals surface area (Å²) < 4.78 is 2.23. The molecule has 0 fully saturated rings. The molecule has 0 aliphatic carbocycles. The van der Waals surface area contributed by atoms with Gasteiger partial charge >= 0.3 is 0 Å². The predicted octanol–water partition coefficient (Wildman–Crippen LogP) is 4.73. The van der Waals surface area contributed by atoms with Crippen LogP contribution in [0.3, 0.4) is 0 Å². The normalized spacial score (nSPS) is 10.8. The van der Waals surface area contributed by atoms with Crippen molar-refractivity contribution in [1.29, 1.82) is 0 Å². The number of amides is 1. The van der Waals surface area contributed by atoms with Crippen molar-refractivity contribution in [3.8, 4) is 0 Å². The van der Waals surface area contributed by atoms with Crippen LogP contribution in [0.5, 0.6) is 0 Å². The summed E-state index contributed by atoms with van der Waals surface area (Å²) in [6, 6.07) is 26.0. The molecule has 4 rings (SSSR count). The molecule has 3 aromatic carbocycles. The number of carbonyl (C=O) groups is 1. The van der Waals surface area contributed by atoms with Gasteiger partial charge in [-0.05, 0) is 47.7 Å². The fraction of sp³-hybridized carbons (Fsp3) is 0.0870.